The Labute approximate surface area is 106 Å². The summed E-state index contributed by atoms with van der Waals surface area (Å²) in [6.45, 7) is 4.53. The number of hydrogen-bond donors (Lipinski definition) is 2. The minimum absolute atomic E-state index is 0.248. The van der Waals surface area contributed by atoms with Crippen LogP contribution in [0.15, 0.2) is 28.7 Å². The molecule has 1 aromatic rings. The molecule has 16 heavy (non-hydrogen) atoms. The fourth-order valence-corrected chi connectivity index (χ4v) is 2.29. The summed E-state index contributed by atoms with van der Waals surface area (Å²) in [6.07, 6.45) is 1.82. The molecule has 0 amide bonds. The van der Waals surface area contributed by atoms with E-state index in [2.05, 4.69) is 53.3 Å². The Kier molecular flexibility index (Phi) is 6.03. The van der Waals surface area contributed by atoms with Crippen molar-refractivity contribution in [3.05, 3.63) is 34.3 Å². The van der Waals surface area contributed by atoms with Crippen LogP contribution < -0.4 is 5.32 Å². The van der Waals surface area contributed by atoms with Crippen molar-refractivity contribution in [1.82, 2.24) is 5.32 Å². The van der Waals surface area contributed by atoms with E-state index in [1.165, 1.54) is 5.56 Å². The first-order valence-corrected chi connectivity index (χ1v) is 6.52. The van der Waals surface area contributed by atoms with Crippen molar-refractivity contribution in [3.8, 4) is 0 Å². The highest BCUT2D eigenvalue weighted by atomic mass is 79.9. The molecule has 2 atom stereocenters. The molecule has 1 aromatic carbocycles. The Morgan fingerprint density at radius 3 is 2.69 bits per heavy atom. The second kappa shape index (κ2) is 7.05. The number of benzene rings is 1. The molecule has 1 rings (SSSR count). The number of aliphatic hydroxyl groups is 1. The van der Waals surface area contributed by atoms with Crippen LogP contribution in [-0.4, -0.2) is 23.8 Å². The Bertz CT molecular complexity index is 317. The maximum Gasteiger partial charge on any atom is 0.0445 e. The molecule has 0 radical (unpaired) electrons. The Morgan fingerprint density at radius 1 is 1.31 bits per heavy atom. The van der Waals surface area contributed by atoms with E-state index in [0.29, 0.717) is 12.1 Å². The van der Waals surface area contributed by atoms with Crippen LogP contribution in [0.4, 0.5) is 0 Å². The number of hydrogen-bond acceptors (Lipinski definition) is 2. The van der Waals surface area contributed by atoms with Gasteiger partial charge in [0, 0.05) is 23.2 Å². The first-order valence-electron chi connectivity index (χ1n) is 5.73. The SMILES string of the molecule is CC(CCO)NC(C)Cc1cccc(Br)c1. The zero-order valence-electron chi connectivity index (χ0n) is 9.91. The largest absolute Gasteiger partial charge is 0.396 e. The summed E-state index contributed by atoms with van der Waals surface area (Å²) in [4.78, 5) is 0. The molecule has 0 aliphatic heterocycles. The van der Waals surface area contributed by atoms with Crippen molar-refractivity contribution in [3.63, 3.8) is 0 Å². The number of halogens is 1. The quantitative estimate of drug-likeness (QED) is 0.842. The lowest BCUT2D eigenvalue weighted by Crippen LogP contribution is -2.36. The second-order valence-electron chi connectivity index (χ2n) is 4.32. The summed E-state index contributed by atoms with van der Waals surface area (Å²) in [6, 6.07) is 9.18. The topological polar surface area (TPSA) is 32.3 Å². The van der Waals surface area contributed by atoms with E-state index in [1.807, 2.05) is 6.07 Å². The lowest BCUT2D eigenvalue weighted by molar-refractivity contribution is 0.264. The van der Waals surface area contributed by atoms with Gasteiger partial charge in [-0.2, -0.15) is 0 Å². The average Bonchev–Trinajstić information content (AvgIpc) is 2.17. The van der Waals surface area contributed by atoms with Gasteiger partial charge in [0.25, 0.3) is 0 Å². The Balaban J connectivity index is 2.42. The molecule has 2 nitrogen and oxygen atoms in total. The van der Waals surface area contributed by atoms with Gasteiger partial charge in [-0.1, -0.05) is 28.1 Å². The lowest BCUT2D eigenvalue weighted by Gasteiger charge is -2.19. The Morgan fingerprint density at radius 2 is 2.06 bits per heavy atom. The highest BCUT2D eigenvalue weighted by Gasteiger charge is 2.07. The van der Waals surface area contributed by atoms with Crippen LogP contribution >= 0.6 is 15.9 Å². The molecule has 2 N–H and O–H groups in total. The third-order valence-corrected chi connectivity index (χ3v) is 3.06. The predicted octanol–water partition coefficient (Wildman–Crippen LogP) is 2.74. The van der Waals surface area contributed by atoms with E-state index in [-0.39, 0.29) is 6.61 Å². The molecule has 0 aromatic heterocycles. The molecule has 90 valence electrons. The van der Waals surface area contributed by atoms with Gasteiger partial charge in [0.1, 0.15) is 0 Å². The van der Waals surface area contributed by atoms with Crippen LogP contribution in [0.2, 0.25) is 0 Å². The van der Waals surface area contributed by atoms with Crippen LogP contribution in [0.1, 0.15) is 25.8 Å². The van der Waals surface area contributed by atoms with Crippen molar-refractivity contribution in [2.75, 3.05) is 6.61 Å². The maximum absolute atomic E-state index is 8.83. The van der Waals surface area contributed by atoms with E-state index in [0.717, 1.165) is 17.3 Å². The lowest BCUT2D eigenvalue weighted by atomic mass is 10.1. The van der Waals surface area contributed by atoms with Gasteiger partial charge in [-0.25, -0.2) is 0 Å². The Hall–Kier alpha value is -0.380. The minimum Gasteiger partial charge on any atom is -0.396 e. The fraction of sp³-hybridized carbons (Fsp3) is 0.538. The summed E-state index contributed by atoms with van der Waals surface area (Å²) in [5.74, 6) is 0. The van der Waals surface area contributed by atoms with E-state index >= 15 is 0 Å². The molecule has 0 saturated heterocycles. The van der Waals surface area contributed by atoms with Crippen molar-refractivity contribution in [1.29, 1.82) is 0 Å². The summed E-state index contributed by atoms with van der Waals surface area (Å²) in [7, 11) is 0. The average molecular weight is 286 g/mol. The van der Waals surface area contributed by atoms with Gasteiger partial charge in [0.2, 0.25) is 0 Å². The minimum atomic E-state index is 0.248. The van der Waals surface area contributed by atoms with Crippen LogP contribution in [0.3, 0.4) is 0 Å². The number of aliphatic hydroxyl groups excluding tert-OH is 1. The van der Waals surface area contributed by atoms with Gasteiger partial charge in [-0.3, -0.25) is 0 Å². The van der Waals surface area contributed by atoms with Gasteiger partial charge in [-0.15, -0.1) is 0 Å². The summed E-state index contributed by atoms with van der Waals surface area (Å²) in [5, 5.41) is 12.3. The summed E-state index contributed by atoms with van der Waals surface area (Å²) < 4.78 is 1.13. The van der Waals surface area contributed by atoms with Crippen LogP contribution in [0.5, 0.6) is 0 Å². The molecule has 0 heterocycles. The van der Waals surface area contributed by atoms with Gasteiger partial charge in [-0.05, 0) is 44.4 Å². The molecule has 0 aliphatic rings. The number of nitrogens with one attached hydrogen (secondary N) is 1. The van der Waals surface area contributed by atoms with Gasteiger partial charge in [0.15, 0.2) is 0 Å². The van der Waals surface area contributed by atoms with Crippen molar-refractivity contribution < 1.29 is 5.11 Å². The van der Waals surface area contributed by atoms with E-state index < -0.39 is 0 Å². The fourth-order valence-electron chi connectivity index (χ4n) is 1.84. The summed E-state index contributed by atoms with van der Waals surface area (Å²) in [5.41, 5.74) is 1.32. The van der Waals surface area contributed by atoms with Crippen molar-refractivity contribution in [2.45, 2.75) is 38.8 Å². The molecule has 0 spiro atoms. The van der Waals surface area contributed by atoms with Crippen LogP contribution in [-0.2, 0) is 6.42 Å². The zero-order chi connectivity index (χ0) is 12.0. The maximum atomic E-state index is 8.83. The van der Waals surface area contributed by atoms with E-state index in [4.69, 9.17) is 5.11 Å². The number of rotatable bonds is 6. The normalized spacial score (nSPS) is 14.8. The zero-order valence-corrected chi connectivity index (χ0v) is 11.5. The molecule has 0 saturated carbocycles. The standard InChI is InChI=1S/C13H20BrNO/c1-10(6-7-16)15-11(2)8-12-4-3-5-13(14)9-12/h3-5,9-11,15-16H,6-8H2,1-2H3. The van der Waals surface area contributed by atoms with Gasteiger partial charge >= 0.3 is 0 Å². The van der Waals surface area contributed by atoms with Gasteiger partial charge in [0.05, 0.1) is 0 Å². The van der Waals surface area contributed by atoms with Crippen LogP contribution in [0, 0.1) is 0 Å². The molecule has 0 bridgehead atoms. The first kappa shape index (κ1) is 13.7. The third-order valence-electron chi connectivity index (χ3n) is 2.56. The van der Waals surface area contributed by atoms with Crippen LogP contribution in [0.25, 0.3) is 0 Å². The molecular formula is C13H20BrNO. The smallest absolute Gasteiger partial charge is 0.0445 e. The molecule has 0 fully saturated rings. The predicted molar refractivity (Wildman–Crippen MR) is 71.6 cm³/mol. The summed E-state index contributed by atoms with van der Waals surface area (Å²) >= 11 is 3.47. The molecule has 3 heteroatoms. The highest BCUT2D eigenvalue weighted by Crippen LogP contribution is 2.13. The molecular weight excluding hydrogens is 266 g/mol. The molecule has 0 aliphatic carbocycles. The van der Waals surface area contributed by atoms with Crippen molar-refractivity contribution in [2.24, 2.45) is 0 Å². The van der Waals surface area contributed by atoms with Crippen molar-refractivity contribution >= 4 is 15.9 Å². The van der Waals surface area contributed by atoms with E-state index in [1.54, 1.807) is 0 Å². The monoisotopic (exact) mass is 285 g/mol. The third kappa shape index (κ3) is 5.10. The second-order valence-corrected chi connectivity index (χ2v) is 5.23. The first-order chi connectivity index (χ1) is 7.61. The van der Waals surface area contributed by atoms with Gasteiger partial charge < -0.3 is 10.4 Å². The van der Waals surface area contributed by atoms with E-state index in [9.17, 15) is 0 Å². The molecule has 2 unspecified atom stereocenters. The highest BCUT2D eigenvalue weighted by molar-refractivity contribution is 9.10.